The van der Waals surface area contributed by atoms with Crippen LogP contribution >= 0.6 is 0 Å². The van der Waals surface area contributed by atoms with Gasteiger partial charge in [0, 0.05) is 18.3 Å². The van der Waals surface area contributed by atoms with Crippen LogP contribution in [-0.2, 0) is 12.6 Å². The summed E-state index contributed by atoms with van der Waals surface area (Å²) in [6.07, 6.45) is -0.625. The van der Waals surface area contributed by atoms with Gasteiger partial charge in [0.15, 0.2) is 0 Å². The van der Waals surface area contributed by atoms with E-state index in [0.717, 1.165) is 30.2 Å². The monoisotopic (exact) mass is 440 g/mol. The molecule has 7 heteroatoms. The Morgan fingerprint density at radius 2 is 1.91 bits per heavy atom. The molecule has 0 aliphatic carbocycles. The van der Waals surface area contributed by atoms with Gasteiger partial charge in [-0.25, -0.2) is 0 Å². The molecule has 0 N–H and O–H groups in total. The summed E-state index contributed by atoms with van der Waals surface area (Å²) in [5.41, 5.74) is 2.09. The molecule has 4 rings (SSSR count). The van der Waals surface area contributed by atoms with Crippen LogP contribution in [0.1, 0.15) is 51.6 Å². The molecule has 0 spiro atoms. The Morgan fingerprint density at radius 1 is 1.09 bits per heavy atom. The van der Waals surface area contributed by atoms with Gasteiger partial charge in [-0.15, -0.1) is 0 Å². The first-order valence-corrected chi connectivity index (χ1v) is 10.4. The van der Waals surface area contributed by atoms with E-state index in [0.29, 0.717) is 29.8 Å². The van der Waals surface area contributed by atoms with E-state index in [1.165, 1.54) is 12.1 Å². The van der Waals surface area contributed by atoms with Crippen molar-refractivity contribution in [2.45, 2.75) is 31.5 Å². The first kappa shape index (κ1) is 21.9. The molecule has 1 aliphatic rings. The zero-order valence-corrected chi connectivity index (χ0v) is 17.6. The van der Waals surface area contributed by atoms with E-state index in [9.17, 15) is 18.0 Å². The van der Waals surface area contributed by atoms with Crippen LogP contribution in [0.2, 0.25) is 0 Å². The maximum absolute atomic E-state index is 13.1. The first-order chi connectivity index (χ1) is 15.3. The average Bonchev–Trinajstić information content (AvgIpc) is 3.29. The number of nitrogens with zero attached hydrogens (tertiary/aromatic N) is 2. The lowest BCUT2D eigenvalue weighted by atomic mass is 10.0. The summed E-state index contributed by atoms with van der Waals surface area (Å²) in [7, 11) is 1.56. The van der Waals surface area contributed by atoms with E-state index >= 15 is 0 Å². The molecule has 0 saturated carbocycles. The van der Waals surface area contributed by atoms with E-state index in [1.807, 2.05) is 17.0 Å². The number of pyridine rings is 1. The Kier molecular flexibility index (Phi) is 6.17. The van der Waals surface area contributed by atoms with E-state index in [2.05, 4.69) is 4.98 Å². The maximum atomic E-state index is 13.1. The number of carbonyl (C=O) groups excluding carboxylic acids is 1. The number of halogens is 3. The van der Waals surface area contributed by atoms with Crippen molar-refractivity contribution in [1.82, 2.24) is 9.88 Å². The SMILES string of the molecule is COc1cccc(C(=O)N2CCC[C@H]2c2ccc(Cc3cccc(C(F)(F)F)c3)cn2)c1. The van der Waals surface area contributed by atoms with Crippen molar-refractivity contribution >= 4 is 5.91 Å². The number of hydrogen-bond donors (Lipinski definition) is 0. The molecule has 2 aromatic carbocycles. The molecule has 3 aromatic rings. The van der Waals surface area contributed by atoms with E-state index in [1.54, 1.807) is 43.6 Å². The fourth-order valence-electron chi connectivity index (χ4n) is 4.07. The summed E-state index contributed by atoms with van der Waals surface area (Å²) >= 11 is 0. The van der Waals surface area contributed by atoms with Crippen LogP contribution in [0.5, 0.6) is 5.75 Å². The quantitative estimate of drug-likeness (QED) is 0.513. The minimum Gasteiger partial charge on any atom is -0.497 e. The largest absolute Gasteiger partial charge is 0.497 e. The second-order valence-electron chi connectivity index (χ2n) is 7.85. The Balaban J connectivity index is 1.49. The number of hydrogen-bond acceptors (Lipinski definition) is 3. The Morgan fingerprint density at radius 3 is 2.62 bits per heavy atom. The summed E-state index contributed by atoms with van der Waals surface area (Å²) in [6, 6.07) is 16.0. The van der Waals surface area contributed by atoms with Gasteiger partial charge in [0.2, 0.25) is 0 Å². The fraction of sp³-hybridized carbons (Fsp3) is 0.280. The zero-order valence-electron chi connectivity index (χ0n) is 17.6. The molecule has 2 heterocycles. The van der Waals surface area contributed by atoms with E-state index < -0.39 is 11.7 Å². The summed E-state index contributed by atoms with van der Waals surface area (Å²) in [5, 5.41) is 0. The standard InChI is InChI=1S/C25H23F3N2O2/c1-32-21-8-3-6-19(15-21)24(31)30-12-4-9-23(30)22-11-10-18(16-29-22)13-17-5-2-7-20(14-17)25(26,27)28/h2-3,5-8,10-11,14-16,23H,4,9,12-13H2,1H3/t23-/m0/s1. The lowest BCUT2D eigenvalue weighted by molar-refractivity contribution is -0.137. The number of rotatable bonds is 5. The van der Waals surface area contributed by atoms with Gasteiger partial charge >= 0.3 is 6.18 Å². The summed E-state index contributed by atoms with van der Waals surface area (Å²) in [4.78, 5) is 19.4. The normalized spacial score (nSPS) is 16.2. The number of amides is 1. The van der Waals surface area contributed by atoms with Gasteiger partial charge in [0.05, 0.1) is 24.4 Å². The third kappa shape index (κ3) is 4.77. The zero-order chi connectivity index (χ0) is 22.7. The molecule has 4 nitrogen and oxygen atoms in total. The van der Waals surface area contributed by atoms with Crippen LogP contribution in [0.4, 0.5) is 13.2 Å². The summed E-state index contributed by atoms with van der Waals surface area (Å²) < 4.78 is 44.1. The molecular formula is C25H23F3N2O2. The molecule has 1 atom stereocenters. The molecule has 1 amide bonds. The van der Waals surface area contributed by atoms with Crippen LogP contribution in [0, 0.1) is 0 Å². The van der Waals surface area contributed by atoms with Gasteiger partial charge < -0.3 is 9.64 Å². The number of likely N-dealkylation sites (tertiary alicyclic amines) is 1. The van der Waals surface area contributed by atoms with Gasteiger partial charge in [-0.05, 0) is 60.7 Å². The van der Waals surface area contributed by atoms with Crippen molar-refractivity contribution in [1.29, 1.82) is 0 Å². The van der Waals surface area contributed by atoms with Crippen molar-refractivity contribution in [3.8, 4) is 5.75 Å². The van der Waals surface area contributed by atoms with Gasteiger partial charge in [-0.2, -0.15) is 13.2 Å². The number of methoxy groups -OCH3 is 1. The van der Waals surface area contributed by atoms with Crippen molar-refractivity contribution in [2.75, 3.05) is 13.7 Å². The highest BCUT2D eigenvalue weighted by atomic mass is 19.4. The lowest BCUT2D eigenvalue weighted by Crippen LogP contribution is -2.31. The Labute approximate surface area is 184 Å². The van der Waals surface area contributed by atoms with E-state index in [-0.39, 0.29) is 11.9 Å². The predicted octanol–water partition coefficient (Wildman–Crippen LogP) is 5.68. The number of aromatic nitrogens is 1. The molecule has 32 heavy (non-hydrogen) atoms. The van der Waals surface area contributed by atoms with Crippen molar-refractivity contribution < 1.29 is 22.7 Å². The van der Waals surface area contributed by atoms with Crippen LogP contribution < -0.4 is 4.74 Å². The average molecular weight is 440 g/mol. The van der Waals surface area contributed by atoms with Gasteiger partial charge in [0.25, 0.3) is 5.91 Å². The second-order valence-corrected chi connectivity index (χ2v) is 7.85. The topological polar surface area (TPSA) is 42.4 Å². The minimum atomic E-state index is -4.36. The first-order valence-electron chi connectivity index (χ1n) is 10.4. The van der Waals surface area contributed by atoms with Crippen molar-refractivity contribution in [2.24, 2.45) is 0 Å². The van der Waals surface area contributed by atoms with Crippen LogP contribution in [0.25, 0.3) is 0 Å². The molecule has 166 valence electrons. The number of alkyl halides is 3. The van der Waals surface area contributed by atoms with Crippen LogP contribution in [0.15, 0.2) is 66.9 Å². The van der Waals surface area contributed by atoms with Crippen molar-refractivity contribution in [3.05, 3.63) is 94.8 Å². The molecule has 1 aliphatic heterocycles. The highest BCUT2D eigenvalue weighted by Crippen LogP contribution is 2.33. The fourth-order valence-corrected chi connectivity index (χ4v) is 4.07. The maximum Gasteiger partial charge on any atom is 0.416 e. The minimum absolute atomic E-state index is 0.0683. The third-order valence-corrected chi connectivity index (χ3v) is 5.68. The van der Waals surface area contributed by atoms with Crippen molar-refractivity contribution in [3.63, 3.8) is 0 Å². The number of carbonyl (C=O) groups is 1. The lowest BCUT2D eigenvalue weighted by Gasteiger charge is -2.24. The molecule has 1 fully saturated rings. The molecule has 1 saturated heterocycles. The smallest absolute Gasteiger partial charge is 0.416 e. The van der Waals surface area contributed by atoms with Crippen LogP contribution in [0.3, 0.4) is 0 Å². The molecule has 0 unspecified atom stereocenters. The van der Waals surface area contributed by atoms with E-state index in [4.69, 9.17) is 4.74 Å². The highest BCUT2D eigenvalue weighted by Gasteiger charge is 2.32. The molecule has 0 bridgehead atoms. The Bertz CT molecular complexity index is 1100. The second kappa shape index (κ2) is 9.02. The molecule has 1 aromatic heterocycles. The van der Waals surface area contributed by atoms with Gasteiger partial charge in [-0.1, -0.05) is 30.3 Å². The highest BCUT2D eigenvalue weighted by molar-refractivity contribution is 5.95. The Hall–Kier alpha value is -3.35. The van der Waals surface area contributed by atoms with Crippen LogP contribution in [-0.4, -0.2) is 29.4 Å². The number of benzene rings is 2. The molecular weight excluding hydrogens is 417 g/mol. The predicted molar refractivity (Wildman–Crippen MR) is 114 cm³/mol. The summed E-state index contributed by atoms with van der Waals surface area (Å²) in [5.74, 6) is 0.560. The number of ether oxygens (including phenoxy) is 1. The van der Waals surface area contributed by atoms with Gasteiger partial charge in [-0.3, -0.25) is 9.78 Å². The van der Waals surface area contributed by atoms with Gasteiger partial charge in [0.1, 0.15) is 5.75 Å². The summed E-state index contributed by atoms with van der Waals surface area (Å²) in [6.45, 7) is 0.647. The third-order valence-electron chi connectivity index (χ3n) is 5.68. The molecule has 0 radical (unpaired) electrons.